The van der Waals surface area contributed by atoms with Crippen LogP contribution in [-0.4, -0.2) is 19.6 Å². The van der Waals surface area contributed by atoms with E-state index >= 15 is 0 Å². The zero-order valence-corrected chi connectivity index (χ0v) is 7.58. The molecule has 0 aliphatic rings. The van der Waals surface area contributed by atoms with Crippen molar-refractivity contribution >= 4 is 0 Å². The summed E-state index contributed by atoms with van der Waals surface area (Å²) < 4.78 is 43.8. The Hall–Kier alpha value is -1.43. The predicted octanol–water partition coefficient (Wildman–Crippen LogP) is 2.39. The fourth-order valence-corrected chi connectivity index (χ4v) is 0.897. The quantitative estimate of drug-likeness (QED) is 0.782. The maximum Gasteiger partial charge on any atom is 0.573 e. The minimum Gasteiger partial charge on any atom is -0.491 e. The molecule has 0 aliphatic heterocycles. The van der Waals surface area contributed by atoms with E-state index < -0.39 is 13.0 Å². The normalized spacial score (nSPS) is 11.2. The summed E-state index contributed by atoms with van der Waals surface area (Å²) >= 11 is 0. The van der Waals surface area contributed by atoms with Gasteiger partial charge in [0.05, 0.1) is 0 Å². The van der Waals surface area contributed by atoms with Crippen LogP contribution < -0.4 is 9.47 Å². The van der Waals surface area contributed by atoms with Crippen molar-refractivity contribution in [2.45, 2.75) is 6.36 Å². The molecule has 0 saturated heterocycles. The summed E-state index contributed by atoms with van der Waals surface area (Å²) in [6.07, 6.45) is -4.70. The molecule has 15 heavy (non-hydrogen) atoms. The van der Waals surface area contributed by atoms with Crippen LogP contribution >= 0.6 is 0 Å². The number of alkyl halides is 3. The molecule has 6 heteroatoms. The topological polar surface area (TPSA) is 38.4 Å². The number of benzene rings is 1. The highest BCUT2D eigenvalue weighted by molar-refractivity contribution is 5.31. The van der Waals surface area contributed by atoms with E-state index in [0.29, 0.717) is 5.75 Å². The van der Waals surface area contributed by atoms with Crippen molar-refractivity contribution in [1.82, 2.24) is 0 Å². The largest absolute Gasteiger partial charge is 0.573 e. The van der Waals surface area contributed by atoms with E-state index in [-0.39, 0.29) is 12.4 Å². The molecule has 0 bridgehead atoms. The van der Waals surface area contributed by atoms with E-state index in [0.717, 1.165) is 12.1 Å². The Kier molecular flexibility index (Phi) is 3.79. The molecular weight excluding hydrogens is 213 g/mol. The van der Waals surface area contributed by atoms with Crippen LogP contribution in [0.2, 0.25) is 0 Å². The van der Waals surface area contributed by atoms with Gasteiger partial charge in [-0.15, -0.1) is 13.2 Å². The molecule has 1 radical (unpaired) electrons. The average Bonchev–Trinajstić information content (AvgIpc) is 2.14. The summed E-state index contributed by atoms with van der Waals surface area (Å²) in [6.45, 7) is -0.416. The van der Waals surface area contributed by atoms with Crippen molar-refractivity contribution in [2.75, 3.05) is 13.2 Å². The summed E-state index contributed by atoms with van der Waals surface area (Å²) in [6, 6.07) is 4.84. The lowest BCUT2D eigenvalue weighted by Gasteiger charge is -2.09. The van der Waals surface area contributed by atoms with Crippen LogP contribution in [0.1, 0.15) is 0 Å². The van der Waals surface area contributed by atoms with Crippen molar-refractivity contribution in [3.8, 4) is 11.5 Å². The van der Waals surface area contributed by atoms with Crippen LogP contribution in [0, 0.1) is 0 Å². The maximum atomic E-state index is 11.7. The third kappa shape index (κ3) is 4.55. The first-order valence-corrected chi connectivity index (χ1v) is 4.08. The summed E-state index contributed by atoms with van der Waals surface area (Å²) in [5, 5.41) is 10.1. The Morgan fingerprint density at radius 1 is 1.07 bits per heavy atom. The molecule has 1 aromatic carbocycles. The lowest BCUT2D eigenvalue weighted by Crippen LogP contribution is -2.16. The Morgan fingerprint density at radius 2 is 1.60 bits per heavy atom. The fraction of sp³-hybridized carbons (Fsp3) is 0.333. The number of rotatable bonds is 4. The van der Waals surface area contributed by atoms with Crippen LogP contribution in [0.3, 0.4) is 0 Å². The number of hydrogen-bond acceptors (Lipinski definition) is 2. The maximum absolute atomic E-state index is 11.7. The third-order valence-corrected chi connectivity index (χ3v) is 1.41. The van der Waals surface area contributed by atoms with E-state index in [4.69, 9.17) is 4.74 Å². The molecule has 0 atom stereocenters. The molecule has 1 aromatic rings. The molecule has 3 nitrogen and oxygen atoms in total. The van der Waals surface area contributed by atoms with Gasteiger partial charge >= 0.3 is 6.36 Å². The van der Waals surface area contributed by atoms with Gasteiger partial charge in [0.15, 0.2) is 0 Å². The van der Waals surface area contributed by atoms with Crippen molar-refractivity contribution in [3.63, 3.8) is 0 Å². The van der Waals surface area contributed by atoms with Gasteiger partial charge < -0.3 is 9.47 Å². The van der Waals surface area contributed by atoms with Gasteiger partial charge in [-0.25, -0.2) is 5.11 Å². The minimum atomic E-state index is -4.70. The summed E-state index contributed by atoms with van der Waals surface area (Å²) in [5.41, 5.74) is 0. The Labute approximate surface area is 84.0 Å². The molecular formula is C9H8F3O3. The summed E-state index contributed by atoms with van der Waals surface area (Å²) in [4.78, 5) is 0. The molecule has 0 saturated carbocycles. The van der Waals surface area contributed by atoms with Gasteiger partial charge in [-0.1, -0.05) is 0 Å². The van der Waals surface area contributed by atoms with Crippen LogP contribution in [0.4, 0.5) is 13.2 Å². The zero-order chi connectivity index (χ0) is 11.3. The molecule has 0 aliphatic carbocycles. The van der Waals surface area contributed by atoms with Crippen LogP contribution in [0.25, 0.3) is 0 Å². The standard InChI is InChI=1S/C9H8F3O3/c10-9(11,12)15-8-3-1-7(2-4-8)14-6-5-13/h1-4H,5-6H2. The zero-order valence-electron chi connectivity index (χ0n) is 7.58. The smallest absolute Gasteiger partial charge is 0.491 e. The van der Waals surface area contributed by atoms with Crippen molar-refractivity contribution in [2.24, 2.45) is 0 Å². The molecule has 1 rings (SSSR count). The molecule has 0 heterocycles. The molecule has 0 N–H and O–H groups in total. The second-order valence-corrected chi connectivity index (χ2v) is 2.57. The van der Waals surface area contributed by atoms with Gasteiger partial charge in [0, 0.05) is 0 Å². The van der Waals surface area contributed by atoms with E-state index in [1.807, 2.05) is 0 Å². The SMILES string of the molecule is [O]CCOc1ccc(OC(F)(F)F)cc1. The highest BCUT2D eigenvalue weighted by atomic mass is 19.4. The lowest BCUT2D eigenvalue weighted by atomic mass is 10.3. The predicted molar refractivity (Wildman–Crippen MR) is 44.2 cm³/mol. The Balaban J connectivity index is 2.56. The van der Waals surface area contributed by atoms with Crippen LogP contribution in [0.5, 0.6) is 11.5 Å². The van der Waals surface area contributed by atoms with Gasteiger partial charge in [0.1, 0.15) is 24.7 Å². The molecule has 0 amide bonds. The first kappa shape index (κ1) is 11.6. The minimum absolute atomic E-state index is 0.0144. The lowest BCUT2D eigenvalue weighted by molar-refractivity contribution is -0.274. The van der Waals surface area contributed by atoms with Gasteiger partial charge in [-0.05, 0) is 24.3 Å². The van der Waals surface area contributed by atoms with E-state index in [9.17, 15) is 18.3 Å². The van der Waals surface area contributed by atoms with Gasteiger partial charge in [0.25, 0.3) is 0 Å². The number of hydrogen-bond donors (Lipinski definition) is 0. The fourth-order valence-electron chi connectivity index (χ4n) is 0.897. The summed E-state index contributed by atoms with van der Waals surface area (Å²) in [5.74, 6) is 0.0114. The highest BCUT2D eigenvalue weighted by Gasteiger charge is 2.30. The van der Waals surface area contributed by atoms with Crippen molar-refractivity contribution in [3.05, 3.63) is 24.3 Å². The second kappa shape index (κ2) is 4.88. The average molecular weight is 221 g/mol. The molecule has 83 valence electrons. The van der Waals surface area contributed by atoms with Crippen molar-refractivity contribution in [1.29, 1.82) is 0 Å². The van der Waals surface area contributed by atoms with Gasteiger partial charge in [-0.2, -0.15) is 0 Å². The monoisotopic (exact) mass is 221 g/mol. The molecule has 0 fully saturated rings. The van der Waals surface area contributed by atoms with Crippen LogP contribution in [0.15, 0.2) is 24.3 Å². The highest BCUT2D eigenvalue weighted by Crippen LogP contribution is 2.24. The number of ether oxygens (including phenoxy) is 2. The summed E-state index contributed by atoms with van der Waals surface area (Å²) in [7, 11) is 0. The number of halogens is 3. The molecule has 0 unspecified atom stereocenters. The van der Waals surface area contributed by atoms with Crippen molar-refractivity contribution < 1.29 is 27.8 Å². The first-order chi connectivity index (χ1) is 7.01. The van der Waals surface area contributed by atoms with E-state index in [1.165, 1.54) is 12.1 Å². The van der Waals surface area contributed by atoms with Crippen LogP contribution in [-0.2, 0) is 5.11 Å². The molecule has 0 spiro atoms. The molecule has 0 aromatic heterocycles. The second-order valence-electron chi connectivity index (χ2n) is 2.57. The third-order valence-electron chi connectivity index (χ3n) is 1.41. The van der Waals surface area contributed by atoms with E-state index in [1.54, 1.807) is 0 Å². The first-order valence-electron chi connectivity index (χ1n) is 4.08. The Bertz CT molecular complexity index is 294. The van der Waals surface area contributed by atoms with Gasteiger partial charge in [-0.3, -0.25) is 0 Å². The van der Waals surface area contributed by atoms with E-state index in [2.05, 4.69) is 4.74 Å². The van der Waals surface area contributed by atoms with Gasteiger partial charge in [0.2, 0.25) is 0 Å². The Morgan fingerprint density at radius 3 is 2.07 bits per heavy atom.